The molecule has 0 aromatic heterocycles. The Balaban J connectivity index is 2.18. The van der Waals surface area contributed by atoms with Crippen molar-refractivity contribution in [3.8, 4) is 0 Å². The van der Waals surface area contributed by atoms with Crippen LogP contribution in [0, 0.1) is 5.92 Å². The average Bonchev–Trinajstić information content (AvgIpc) is 2.29. The zero-order chi connectivity index (χ0) is 12.3. The molecule has 17 heavy (non-hydrogen) atoms. The van der Waals surface area contributed by atoms with Gasteiger partial charge in [-0.05, 0) is 25.7 Å². The van der Waals surface area contributed by atoms with Gasteiger partial charge in [0.2, 0.25) is 5.91 Å². The molecular formula is C14H23NO2. The first kappa shape index (κ1) is 12.6. The molecule has 2 fully saturated rings. The number of nitrogens with one attached hydrogen (secondary N) is 1. The zero-order valence-corrected chi connectivity index (χ0v) is 10.8. The first-order chi connectivity index (χ1) is 8.14. The lowest BCUT2D eigenvalue weighted by Gasteiger charge is -2.44. The maximum atomic E-state index is 12.1. The number of Topliss-reactive ketones (excluding diaryl/α,β-unsaturated/α-hetero) is 1. The van der Waals surface area contributed by atoms with Gasteiger partial charge < -0.3 is 5.32 Å². The summed E-state index contributed by atoms with van der Waals surface area (Å²) >= 11 is 0. The van der Waals surface area contributed by atoms with E-state index in [0.29, 0.717) is 12.2 Å². The number of carbonyl (C=O) groups excluding carboxylic acids is 2. The molecule has 2 rings (SSSR count). The van der Waals surface area contributed by atoms with Crippen molar-refractivity contribution in [3.05, 3.63) is 0 Å². The fourth-order valence-corrected chi connectivity index (χ4v) is 3.66. The van der Waals surface area contributed by atoms with Crippen molar-refractivity contribution >= 4 is 11.7 Å². The van der Waals surface area contributed by atoms with Crippen LogP contribution in [0.1, 0.15) is 64.7 Å². The third kappa shape index (κ3) is 2.70. The smallest absolute Gasteiger partial charge is 0.217 e. The molecule has 0 aliphatic heterocycles. The van der Waals surface area contributed by atoms with E-state index in [1.54, 1.807) is 6.92 Å². The zero-order valence-electron chi connectivity index (χ0n) is 10.8. The monoisotopic (exact) mass is 237 g/mol. The van der Waals surface area contributed by atoms with Gasteiger partial charge in [0.1, 0.15) is 5.78 Å². The molecule has 1 amide bonds. The van der Waals surface area contributed by atoms with Gasteiger partial charge in [-0.2, -0.15) is 0 Å². The van der Waals surface area contributed by atoms with E-state index >= 15 is 0 Å². The van der Waals surface area contributed by atoms with Crippen LogP contribution in [0.2, 0.25) is 0 Å². The van der Waals surface area contributed by atoms with E-state index in [9.17, 15) is 9.59 Å². The highest BCUT2D eigenvalue weighted by Crippen LogP contribution is 2.40. The Kier molecular flexibility index (Phi) is 3.85. The van der Waals surface area contributed by atoms with Gasteiger partial charge in [-0.1, -0.05) is 25.7 Å². The maximum Gasteiger partial charge on any atom is 0.217 e. The molecule has 3 nitrogen and oxygen atoms in total. The Bertz CT molecular complexity index is 305. The van der Waals surface area contributed by atoms with Gasteiger partial charge in [-0.25, -0.2) is 0 Å². The third-order valence-corrected chi connectivity index (χ3v) is 4.39. The minimum absolute atomic E-state index is 0.0188. The molecule has 0 radical (unpaired) electrons. The highest BCUT2D eigenvalue weighted by atomic mass is 16.1. The Labute approximate surface area is 103 Å². The van der Waals surface area contributed by atoms with Crippen LogP contribution < -0.4 is 5.32 Å². The molecule has 96 valence electrons. The van der Waals surface area contributed by atoms with Crippen LogP contribution in [0.25, 0.3) is 0 Å². The Morgan fingerprint density at radius 2 is 1.88 bits per heavy atom. The lowest BCUT2D eigenvalue weighted by molar-refractivity contribution is -0.131. The SMILES string of the molecule is CC(=O)NC1([C@H]2CCCCC2=O)CCCCC1. The van der Waals surface area contributed by atoms with Crippen molar-refractivity contribution in [2.24, 2.45) is 5.92 Å². The lowest BCUT2D eigenvalue weighted by atomic mass is 9.67. The van der Waals surface area contributed by atoms with Gasteiger partial charge in [0.05, 0.1) is 0 Å². The quantitative estimate of drug-likeness (QED) is 0.802. The highest BCUT2D eigenvalue weighted by Gasteiger charge is 2.44. The van der Waals surface area contributed by atoms with Crippen molar-refractivity contribution in [1.29, 1.82) is 0 Å². The Morgan fingerprint density at radius 1 is 1.18 bits per heavy atom. The van der Waals surface area contributed by atoms with E-state index < -0.39 is 0 Å². The number of amides is 1. The van der Waals surface area contributed by atoms with Gasteiger partial charge >= 0.3 is 0 Å². The highest BCUT2D eigenvalue weighted by molar-refractivity contribution is 5.84. The second kappa shape index (κ2) is 5.19. The summed E-state index contributed by atoms with van der Waals surface area (Å²) in [6.45, 7) is 1.57. The standard InChI is InChI=1S/C14H23NO2/c1-11(16)15-14(9-5-2-6-10-14)12-7-3-4-8-13(12)17/h12H,2-10H2,1H3,(H,15,16)/t12-/m0/s1. The minimum Gasteiger partial charge on any atom is -0.350 e. The molecule has 1 N–H and O–H groups in total. The molecule has 3 heteroatoms. The Hall–Kier alpha value is -0.860. The molecule has 2 saturated carbocycles. The number of rotatable bonds is 2. The van der Waals surface area contributed by atoms with Crippen LogP contribution in [-0.2, 0) is 9.59 Å². The van der Waals surface area contributed by atoms with Crippen LogP contribution in [0.5, 0.6) is 0 Å². The first-order valence-corrected chi connectivity index (χ1v) is 6.95. The van der Waals surface area contributed by atoms with Gasteiger partial charge in [-0.15, -0.1) is 0 Å². The molecule has 0 aromatic carbocycles. The van der Waals surface area contributed by atoms with E-state index in [4.69, 9.17) is 0 Å². The fraction of sp³-hybridized carbons (Fsp3) is 0.857. The summed E-state index contributed by atoms with van der Waals surface area (Å²) in [5.74, 6) is 0.484. The molecule has 1 atom stereocenters. The lowest BCUT2D eigenvalue weighted by Crippen LogP contribution is -2.57. The largest absolute Gasteiger partial charge is 0.350 e. The van der Waals surface area contributed by atoms with Gasteiger partial charge in [0, 0.05) is 24.8 Å². The minimum atomic E-state index is -0.207. The molecule has 0 heterocycles. The molecule has 0 bridgehead atoms. The van der Waals surface area contributed by atoms with Crippen molar-refractivity contribution in [2.75, 3.05) is 0 Å². The second-order valence-corrected chi connectivity index (χ2v) is 5.66. The fourth-order valence-electron chi connectivity index (χ4n) is 3.66. The number of carbonyl (C=O) groups is 2. The molecule has 0 aromatic rings. The maximum absolute atomic E-state index is 12.1. The van der Waals surface area contributed by atoms with Gasteiger partial charge in [0.25, 0.3) is 0 Å². The predicted molar refractivity (Wildman–Crippen MR) is 66.6 cm³/mol. The van der Waals surface area contributed by atoms with Gasteiger partial charge in [0.15, 0.2) is 0 Å². The van der Waals surface area contributed by atoms with Crippen molar-refractivity contribution in [1.82, 2.24) is 5.32 Å². The van der Waals surface area contributed by atoms with E-state index in [2.05, 4.69) is 5.32 Å². The number of hydrogen-bond acceptors (Lipinski definition) is 2. The van der Waals surface area contributed by atoms with Crippen molar-refractivity contribution < 1.29 is 9.59 Å². The predicted octanol–water partition coefficient (Wildman–Crippen LogP) is 2.58. The summed E-state index contributed by atoms with van der Waals surface area (Å²) in [4.78, 5) is 23.6. The molecular weight excluding hydrogens is 214 g/mol. The number of hydrogen-bond donors (Lipinski definition) is 1. The molecule has 0 unspecified atom stereocenters. The topological polar surface area (TPSA) is 46.2 Å². The summed E-state index contributed by atoms with van der Waals surface area (Å²) in [6, 6.07) is 0. The van der Waals surface area contributed by atoms with Gasteiger partial charge in [-0.3, -0.25) is 9.59 Å². The van der Waals surface area contributed by atoms with E-state index in [-0.39, 0.29) is 17.4 Å². The van der Waals surface area contributed by atoms with Crippen LogP contribution in [-0.4, -0.2) is 17.2 Å². The van der Waals surface area contributed by atoms with Crippen LogP contribution >= 0.6 is 0 Å². The molecule has 0 saturated heterocycles. The second-order valence-electron chi connectivity index (χ2n) is 5.66. The third-order valence-electron chi connectivity index (χ3n) is 4.39. The van der Waals surface area contributed by atoms with E-state index in [0.717, 1.165) is 44.9 Å². The van der Waals surface area contributed by atoms with Crippen LogP contribution in [0.4, 0.5) is 0 Å². The normalized spacial score (nSPS) is 28.8. The molecule has 2 aliphatic carbocycles. The molecule has 2 aliphatic rings. The summed E-state index contributed by atoms with van der Waals surface area (Å²) < 4.78 is 0. The summed E-state index contributed by atoms with van der Waals surface area (Å²) in [7, 11) is 0. The van der Waals surface area contributed by atoms with Crippen molar-refractivity contribution in [3.63, 3.8) is 0 Å². The first-order valence-electron chi connectivity index (χ1n) is 6.95. The van der Waals surface area contributed by atoms with E-state index in [1.807, 2.05) is 0 Å². The summed E-state index contributed by atoms with van der Waals surface area (Å²) in [6.07, 6.45) is 9.36. The summed E-state index contributed by atoms with van der Waals surface area (Å²) in [5, 5.41) is 3.14. The Morgan fingerprint density at radius 3 is 2.47 bits per heavy atom. The van der Waals surface area contributed by atoms with Crippen molar-refractivity contribution in [2.45, 2.75) is 70.3 Å². The molecule has 0 spiro atoms. The van der Waals surface area contributed by atoms with Crippen LogP contribution in [0.15, 0.2) is 0 Å². The van der Waals surface area contributed by atoms with Crippen LogP contribution in [0.3, 0.4) is 0 Å². The number of ketones is 1. The average molecular weight is 237 g/mol. The summed E-state index contributed by atoms with van der Waals surface area (Å²) in [5.41, 5.74) is -0.207. The van der Waals surface area contributed by atoms with E-state index in [1.165, 1.54) is 6.42 Å².